The summed E-state index contributed by atoms with van der Waals surface area (Å²) in [6.45, 7) is 1.84. The smallest absolute Gasteiger partial charge is 0.317 e. The first-order valence-corrected chi connectivity index (χ1v) is 11.0. The summed E-state index contributed by atoms with van der Waals surface area (Å²) in [4.78, 5) is 39.5. The summed E-state index contributed by atoms with van der Waals surface area (Å²) >= 11 is 0. The summed E-state index contributed by atoms with van der Waals surface area (Å²) in [5, 5.41) is 2.85. The minimum absolute atomic E-state index is 0.0319. The molecule has 9 nitrogen and oxygen atoms in total. The maximum Gasteiger partial charge on any atom is 0.317 e. The van der Waals surface area contributed by atoms with Crippen LogP contribution in [-0.2, 0) is 19.1 Å². The van der Waals surface area contributed by atoms with Crippen LogP contribution >= 0.6 is 0 Å². The van der Waals surface area contributed by atoms with Gasteiger partial charge in [-0.1, -0.05) is 0 Å². The summed E-state index contributed by atoms with van der Waals surface area (Å²) in [5.41, 5.74) is 1.51. The molecule has 9 heteroatoms. The minimum Gasteiger partial charge on any atom is -0.493 e. The zero-order valence-corrected chi connectivity index (χ0v) is 19.5. The molecule has 0 radical (unpaired) electrons. The van der Waals surface area contributed by atoms with E-state index in [2.05, 4.69) is 5.32 Å². The number of hydrogen-bond acceptors (Lipinski definition) is 8. The highest BCUT2D eigenvalue weighted by Gasteiger charge is 2.48. The highest BCUT2D eigenvalue weighted by Crippen LogP contribution is 2.48. The molecule has 0 unspecified atom stereocenters. The predicted octanol–water partition coefficient (Wildman–Crippen LogP) is 3.10. The van der Waals surface area contributed by atoms with Gasteiger partial charge in [0.15, 0.2) is 17.3 Å². The molecule has 0 saturated carbocycles. The third-order valence-electron chi connectivity index (χ3n) is 6.27. The number of benzene rings is 1. The topological polar surface area (TPSA) is 113 Å². The first-order valence-electron chi connectivity index (χ1n) is 11.0. The fourth-order valence-electron chi connectivity index (χ4n) is 4.81. The van der Waals surface area contributed by atoms with Crippen molar-refractivity contribution in [2.45, 2.75) is 31.6 Å². The SMILES string of the molecule is CCOC(=O)[C@H]1C(=O)C2=C(C[C@H]1c1ccco1)NC(=O)C[C@H]2c1cc(OC)c(OC)c(OC)c1. The second-order valence-electron chi connectivity index (χ2n) is 8.08. The second-order valence-corrected chi connectivity index (χ2v) is 8.08. The third-order valence-corrected chi connectivity index (χ3v) is 6.27. The van der Waals surface area contributed by atoms with Crippen LogP contribution in [0.5, 0.6) is 17.2 Å². The number of carbonyl (C=O) groups excluding carboxylic acids is 3. The summed E-state index contributed by atoms with van der Waals surface area (Å²) in [6, 6.07) is 6.86. The summed E-state index contributed by atoms with van der Waals surface area (Å²) in [6.07, 6.45) is 1.78. The third kappa shape index (κ3) is 4.02. The predicted molar refractivity (Wildman–Crippen MR) is 120 cm³/mol. The molecule has 0 bridgehead atoms. The van der Waals surface area contributed by atoms with Crippen LogP contribution in [0.15, 0.2) is 46.2 Å². The number of carbonyl (C=O) groups is 3. The summed E-state index contributed by atoms with van der Waals surface area (Å²) in [5.74, 6) is -1.78. The van der Waals surface area contributed by atoms with Crippen molar-refractivity contribution in [1.82, 2.24) is 5.32 Å². The molecule has 4 rings (SSSR count). The average molecular weight is 469 g/mol. The fourth-order valence-corrected chi connectivity index (χ4v) is 4.81. The molecule has 2 aliphatic rings. The van der Waals surface area contributed by atoms with E-state index in [0.29, 0.717) is 39.8 Å². The van der Waals surface area contributed by atoms with E-state index in [1.807, 2.05) is 0 Å². The van der Waals surface area contributed by atoms with Crippen molar-refractivity contribution < 1.29 is 37.7 Å². The number of amides is 1. The monoisotopic (exact) mass is 469 g/mol. The Kier molecular flexibility index (Phi) is 6.63. The van der Waals surface area contributed by atoms with Crippen molar-refractivity contribution in [2.24, 2.45) is 5.92 Å². The molecule has 0 saturated heterocycles. The molecule has 1 amide bonds. The van der Waals surface area contributed by atoms with Gasteiger partial charge in [-0.3, -0.25) is 14.4 Å². The van der Waals surface area contributed by atoms with Crippen LogP contribution < -0.4 is 19.5 Å². The standard InChI is InChI=1S/C25H27NO8/c1-5-33-25(29)22-15(17-7-6-8-34-17)11-16-21(23(22)28)14(12-20(27)26-16)13-9-18(30-2)24(32-4)19(10-13)31-3/h6-10,14-15,22H,5,11-12H2,1-4H3,(H,26,27)/t14-,15-,22+/m0/s1. The zero-order chi connectivity index (χ0) is 24.4. The number of allylic oxidation sites excluding steroid dienone is 2. The van der Waals surface area contributed by atoms with E-state index in [1.165, 1.54) is 27.6 Å². The van der Waals surface area contributed by atoms with Gasteiger partial charge in [-0.15, -0.1) is 0 Å². The Labute approximate surface area is 197 Å². The Balaban J connectivity index is 1.85. The number of hydrogen-bond donors (Lipinski definition) is 1. The van der Waals surface area contributed by atoms with Gasteiger partial charge in [-0.05, 0) is 43.2 Å². The molecule has 0 fully saturated rings. The van der Waals surface area contributed by atoms with E-state index in [-0.39, 0.29) is 31.1 Å². The van der Waals surface area contributed by atoms with Crippen molar-refractivity contribution in [3.05, 3.63) is 53.1 Å². The average Bonchev–Trinajstić information content (AvgIpc) is 3.37. The number of Topliss-reactive ketones (excluding diaryl/α,β-unsaturated/α-hetero) is 1. The Morgan fingerprint density at radius 1 is 1.09 bits per heavy atom. The van der Waals surface area contributed by atoms with E-state index >= 15 is 0 Å². The van der Waals surface area contributed by atoms with Gasteiger partial charge in [0.2, 0.25) is 11.7 Å². The largest absolute Gasteiger partial charge is 0.493 e. The number of ether oxygens (including phenoxy) is 4. The Bertz CT molecular complexity index is 1110. The van der Waals surface area contributed by atoms with E-state index < -0.39 is 23.7 Å². The molecule has 34 heavy (non-hydrogen) atoms. The first-order chi connectivity index (χ1) is 16.4. The van der Waals surface area contributed by atoms with Gasteiger partial charge in [-0.25, -0.2) is 0 Å². The molecule has 1 aromatic heterocycles. The van der Waals surface area contributed by atoms with Gasteiger partial charge in [0.25, 0.3) is 0 Å². The highest BCUT2D eigenvalue weighted by atomic mass is 16.5. The van der Waals surface area contributed by atoms with Crippen LogP contribution in [0.1, 0.15) is 42.9 Å². The number of methoxy groups -OCH3 is 3. The number of nitrogens with one attached hydrogen (secondary N) is 1. The molecule has 1 aliphatic heterocycles. The molecule has 2 heterocycles. The Morgan fingerprint density at radius 2 is 1.79 bits per heavy atom. The lowest BCUT2D eigenvalue weighted by molar-refractivity contribution is -0.152. The lowest BCUT2D eigenvalue weighted by atomic mass is 9.69. The maximum atomic E-state index is 13.9. The van der Waals surface area contributed by atoms with E-state index in [1.54, 1.807) is 31.2 Å². The lowest BCUT2D eigenvalue weighted by Gasteiger charge is -2.37. The van der Waals surface area contributed by atoms with Gasteiger partial charge >= 0.3 is 5.97 Å². The zero-order valence-electron chi connectivity index (χ0n) is 19.5. The van der Waals surface area contributed by atoms with Crippen molar-refractivity contribution >= 4 is 17.7 Å². The molecule has 3 atom stereocenters. The van der Waals surface area contributed by atoms with E-state index in [9.17, 15) is 14.4 Å². The van der Waals surface area contributed by atoms with Crippen molar-refractivity contribution in [1.29, 1.82) is 0 Å². The molecule has 1 aliphatic carbocycles. The number of rotatable bonds is 7. The fraction of sp³-hybridized carbons (Fsp3) is 0.400. The van der Waals surface area contributed by atoms with Gasteiger partial charge in [0.1, 0.15) is 11.7 Å². The molecule has 1 N–H and O–H groups in total. The number of ketones is 1. The summed E-state index contributed by atoms with van der Waals surface area (Å²) in [7, 11) is 4.49. The quantitative estimate of drug-likeness (QED) is 0.486. The van der Waals surface area contributed by atoms with E-state index in [0.717, 1.165) is 0 Å². The van der Waals surface area contributed by atoms with Crippen LogP contribution in [-0.4, -0.2) is 45.6 Å². The second kappa shape index (κ2) is 9.62. The molecule has 0 spiro atoms. The molecule has 2 aromatic rings. The molecular weight excluding hydrogens is 442 g/mol. The van der Waals surface area contributed by atoms with Crippen LogP contribution in [0, 0.1) is 5.92 Å². The van der Waals surface area contributed by atoms with Crippen LogP contribution in [0.4, 0.5) is 0 Å². The normalized spacial score (nSPS) is 22.1. The Morgan fingerprint density at radius 3 is 2.35 bits per heavy atom. The van der Waals surface area contributed by atoms with Gasteiger partial charge in [0.05, 0.1) is 34.2 Å². The first kappa shape index (κ1) is 23.4. The lowest BCUT2D eigenvalue weighted by Crippen LogP contribution is -2.44. The molecule has 180 valence electrons. The van der Waals surface area contributed by atoms with Crippen LogP contribution in [0.25, 0.3) is 0 Å². The van der Waals surface area contributed by atoms with Crippen LogP contribution in [0.2, 0.25) is 0 Å². The van der Waals surface area contributed by atoms with E-state index in [4.69, 9.17) is 23.4 Å². The Hall–Kier alpha value is -3.75. The van der Waals surface area contributed by atoms with Crippen LogP contribution in [0.3, 0.4) is 0 Å². The van der Waals surface area contributed by atoms with Gasteiger partial charge in [-0.2, -0.15) is 0 Å². The molecule has 1 aromatic carbocycles. The van der Waals surface area contributed by atoms with Crippen molar-refractivity contribution in [3.63, 3.8) is 0 Å². The van der Waals surface area contributed by atoms with Gasteiger partial charge in [0, 0.05) is 29.5 Å². The van der Waals surface area contributed by atoms with Crippen molar-refractivity contribution in [2.75, 3.05) is 27.9 Å². The number of esters is 1. The summed E-state index contributed by atoms with van der Waals surface area (Å²) < 4.78 is 27.1. The van der Waals surface area contributed by atoms with Crippen molar-refractivity contribution in [3.8, 4) is 17.2 Å². The minimum atomic E-state index is -1.08. The maximum absolute atomic E-state index is 13.9. The number of furan rings is 1. The molecular formula is C25H27NO8. The highest BCUT2D eigenvalue weighted by molar-refractivity contribution is 6.12. The van der Waals surface area contributed by atoms with Gasteiger partial charge < -0.3 is 28.7 Å².